The Kier molecular flexibility index (Phi) is 5.24. The first-order chi connectivity index (χ1) is 10.0. The van der Waals surface area contributed by atoms with Gasteiger partial charge in [0, 0.05) is 24.0 Å². The third-order valence-electron chi connectivity index (χ3n) is 3.40. The lowest BCUT2D eigenvalue weighted by molar-refractivity contribution is -0.255. The molecule has 1 saturated heterocycles. The number of nitrogens with one attached hydrogen (secondary N) is 2. The van der Waals surface area contributed by atoms with Crippen LogP contribution in [0.2, 0.25) is 0 Å². The highest BCUT2D eigenvalue weighted by Gasteiger charge is 2.23. The summed E-state index contributed by atoms with van der Waals surface area (Å²) in [4.78, 5) is 22.4. The minimum absolute atomic E-state index is 0.00652. The van der Waals surface area contributed by atoms with Crippen LogP contribution in [0.3, 0.4) is 0 Å². The van der Waals surface area contributed by atoms with Crippen LogP contribution in [-0.2, 0) is 11.3 Å². The van der Waals surface area contributed by atoms with Crippen LogP contribution in [0.25, 0.3) is 0 Å². The fourth-order valence-corrected chi connectivity index (χ4v) is 3.20. The Balaban J connectivity index is 2.12. The van der Waals surface area contributed by atoms with E-state index in [9.17, 15) is 23.5 Å². The van der Waals surface area contributed by atoms with Gasteiger partial charge in [-0.2, -0.15) is 0 Å². The molecule has 1 atom stereocenters. The molecule has 5 nitrogen and oxygen atoms in total. The van der Waals surface area contributed by atoms with Crippen molar-refractivity contribution in [2.45, 2.75) is 38.3 Å². The zero-order valence-corrected chi connectivity index (χ0v) is 12.0. The highest BCUT2D eigenvalue weighted by atomic mass is 32.1. The molecule has 2 heterocycles. The SMILES string of the molecule is O=C([O-])c1csc(C(F)F)c1CN[C@H]1CCCCNC1=O. The highest BCUT2D eigenvalue weighted by Crippen LogP contribution is 2.31. The molecule has 0 radical (unpaired) electrons. The molecular weight excluding hydrogens is 302 g/mol. The van der Waals surface area contributed by atoms with Crippen molar-refractivity contribution < 1.29 is 23.5 Å². The number of alkyl halides is 2. The molecule has 8 heteroatoms. The first kappa shape index (κ1) is 15.8. The van der Waals surface area contributed by atoms with Crippen molar-refractivity contribution in [1.82, 2.24) is 10.6 Å². The van der Waals surface area contributed by atoms with Gasteiger partial charge in [0.1, 0.15) is 0 Å². The molecule has 116 valence electrons. The van der Waals surface area contributed by atoms with Crippen molar-refractivity contribution in [3.05, 3.63) is 21.4 Å². The lowest BCUT2D eigenvalue weighted by atomic mass is 10.1. The summed E-state index contributed by atoms with van der Waals surface area (Å²) in [6.45, 7) is 0.507. The summed E-state index contributed by atoms with van der Waals surface area (Å²) in [7, 11) is 0. The van der Waals surface area contributed by atoms with Crippen molar-refractivity contribution in [2.75, 3.05) is 6.54 Å². The minimum atomic E-state index is -2.75. The monoisotopic (exact) mass is 317 g/mol. The van der Waals surface area contributed by atoms with Crippen LogP contribution >= 0.6 is 11.3 Å². The fraction of sp³-hybridized carbons (Fsp3) is 0.538. The summed E-state index contributed by atoms with van der Waals surface area (Å²) in [5.74, 6) is -1.67. The number of hydrogen-bond acceptors (Lipinski definition) is 5. The van der Waals surface area contributed by atoms with Gasteiger partial charge in [0.05, 0.1) is 16.9 Å². The number of carbonyl (C=O) groups is 2. The smallest absolute Gasteiger partial charge is 0.273 e. The molecule has 0 unspecified atom stereocenters. The second-order valence-corrected chi connectivity index (χ2v) is 5.71. The van der Waals surface area contributed by atoms with Gasteiger partial charge in [-0.05, 0) is 24.8 Å². The number of halogens is 2. The number of hydrogen-bond donors (Lipinski definition) is 2. The molecule has 1 aliphatic rings. The molecular formula is C13H15F2N2O3S-. The summed E-state index contributed by atoms with van der Waals surface area (Å²) in [5, 5.41) is 17.7. The van der Waals surface area contributed by atoms with Gasteiger partial charge in [-0.25, -0.2) is 8.78 Å². The van der Waals surface area contributed by atoms with Gasteiger partial charge in [-0.3, -0.25) is 4.79 Å². The first-order valence-corrected chi connectivity index (χ1v) is 7.49. The first-order valence-electron chi connectivity index (χ1n) is 6.61. The van der Waals surface area contributed by atoms with E-state index in [1.54, 1.807) is 0 Å². The summed E-state index contributed by atoms with van der Waals surface area (Å²) in [6.07, 6.45) is -0.437. The molecule has 2 rings (SSSR count). The number of carboxylic acids is 1. The molecule has 0 saturated carbocycles. The van der Waals surface area contributed by atoms with Crippen molar-refractivity contribution in [3.63, 3.8) is 0 Å². The Morgan fingerprint density at radius 1 is 1.52 bits per heavy atom. The number of thiophene rings is 1. The Bertz CT molecular complexity index is 533. The third kappa shape index (κ3) is 3.76. The average molecular weight is 317 g/mol. The van der Waals surface area contributed by atoms with E-state index in [1.165, 1.54) is 0 Å². The molecule has 0 aromatic carbocycles. The molecule has 2 N–H and O–H groups in total. The second kappa shape index (κ2) is 6.95. The highest BCUT2D eigenvalue weighted by molar-refractivity contribution is 7.10. The van der Waals surface area contributed by atoms with Crippen LogP contribution < -0.4 is 15.7 Å². The Morgan fingerprint density at radius 2 is 2.29 bits per heavy atom. The standard InChI is InChI=1S/C13H16F2N2O3S/c14-11(15)10-7(8(6-21-10)13(19)20)5-17-9-3-1-2-4-16-12(9)18/h6,9,11,17H,1-5H2,(H,16,18)(H,19,20)/p-1/t9-/m0/s1. The number of carbonyl (C=O) groups excluding carboxylic acids is 2. The molecule has 0 spiro atoms. The van der Waals surface area contributed by atoms with Crippen molar-refractivity contribution >= 4 is 23.2 Å². The number of aromatic carboxylic acids is 1. The zero-order chi connectivity index (χ0) is 15.4. The second-order valence-electron chi connectivity index (χ2n) is 4.80. The maximum Gasteiger partial charge on any atom is 0.273 e. The van der Waals surface area contributed by atoms with Crippen LogP contribution in [0, 0.1) is 0 Å². The number of carboxylic acid groups (broad SMARTS) is 1. The largest absolute Gasteiger partial charge is 0.545 e. The predicted molar refractivity (Wildman–Crippen MR) is 71.1 cm³/mol. The molecule has 1 amide bonds. The lowest BCUT2D eigenvalue weighted by Crippen LogP contribution is -2.42. The van der Waals surface area contributed by atoms with Gasteiger partial charge in [0.15, 0.2) is 0 Å². The summed E-state index contributed by atoms with van der Waals surface area (Å²) < 4.78 is 25.8. The molecule has 1 fully saturated rings. The summed E-state index contributed by atoms with van der Waals surface area (Å²) >= 11 is 0.693. The van der Waals surface area contributed by atoms with Crippen LogP contribution in [0.5, 0.6) is 0 Å². The van der Waals surface area contributed by atoms with Crippen molar-refractivity contribution in [3.8, 4) is 0 Å². The third-order valence-corrected chi connectivity index (χ3v) is 4.44. The van der Waals surface area contributed by atoms with Crippen molar-refractivity contribution in [2.24, 2.45) is 0 Å². The van der Waals surface area contributed by atoms with Gasteiger partial charge in [-0.1, -0.05) is 0 Å². The minimum Gasteiger partial charge on any atom is -0.545 e. The normalized spacial score (nSPS) is 19.4. The molecule has 1 aromatic rings. The van der Waals surface area contributed by atoms with E-state index in [0.29, 0.717) is 24.3 Å². The van der Waals surface area contributed by atoms with E-state index in [4.69, 9.17) is 0 Å². The molecule has 1 aliphatic heterocycles. The van der Waals surface area contributed by atoms with Crippen LogP contribution in [0.15, 0.2) is 5.38 Å². The fourth-order valence-electron chi connectivity index (χ4n) is 2.29. The maximum absolute atomic E-state index is 12.9. The van der Waals surface area contributed by atoms with E-state index in [2.05, 4.69) is 10.6 Å². The van der Waals surface area contributed by atoms with E-state index in [-0.39, 0.29) is 28.5 Å². The van der Waals surface area contributed by atoms with E-state index < -0.39 is 18.4 Å². The zero-order valence-electron chi connectivity index (χ0n) is 11.2. The number of rotatable bonds is 5. The van der Waals surface area contributed by atoms with Gasteiger partial charge in [0.25, 0.3) is 6.43 Å². The van der Waals surface area contributed by atoms with E-state index >= 15 is 0 Å². The van der Waals surface area contributed by atoms with Crippen molar-refractivity contribution in [1.29, 1.82) is 0 Å². The summed E-state index contributed by atoms with van der Waals surface area (Å²) in [5.41, 5.74) is -0.233. The van der Waals surface area contributed by atoms with Gasteiger partial charge in [0.2, 0.25) is 5.91 Å². The number of amides is 1. The topological polar surface area (TPSA) is 81.3 Å². The van der Waals surface area contributed by atoms with Crippen LogP contribution in [-0.4, -0.2) is 24.5 Å². The average Bonchev–Trinajstić information content (AvgIpc) is 2.75. The Hall–Kier alpha value is -1.54. The van der Waals surface area contributed by atoms with Gasteiger partial charge < -0.3 is 20.5 Å². The molecule has 21 heavy (non-hydrogen) atoms. The molecule has 1 aromatic heterocycles. The maximum atomic E-state index is 12.9. The Morgan fingerprint density at radius 3 is 2.95 bits per heavy atom. The van der Waals surface area contributed by atoms with Gasteiger partial charge >= 0.3 is 0 Å². The quantitative estimate of drug-likeness (QED) is 0.842. The van der Waals surface area contributed by atoms with Gasteiger partial charge in [-0.15, -0.1) is 11.3 Å². The van der Waals surface area contributed by atoms with E-state index in [1.807, 2.05) is 0 Å². The predicted octanol–water partition coefficient (Wildman–Crippen LogP) is 0.807. The molecule has 0 aliphatic carbocycles. The molecule has 0 bridgehead atoms. The Labute approximate surface area is 124 Å². The van der Waals surface area contributed by atoms with Crippen LogP contribution in [0.1, 0.15) is 46.5 Å². The lowest BCUT2D eigenvalue weighted by Gasteiger charge is -2.16. The summed E-state index contributed by atoms with van der Waals surface area (Å²) in [6, 6.07) is -0.493. The van der Waals surface area contributed by atoms with E-state index in [0.717, 1.165) is 18.2 Å². The van der Waals surface area contributed by atoms with Crippen LogP contribution in [0.4, 0.5) is 8.78 Å².